The Morgan fingerprint density at radius 1 is 1.24 bits per heavy atom. The Balaban J connectivity index is 0.00000120. The lowest BCUT2D eigenvalue weighted by atomic mass is 10.1. The van der Waals surface area contributed by atoms with E-state index in [2.05, 4.69) is 36.7 Å². The molecule has 3 aliphatic heterocycles. The van der Waals surface area contributed by atoms with E-state index < -0.39 is 0 Å². The van der Waals surface area contributed by atoms with Gasteiger partial charge in [0.15, 0.2) is 5.82 Å². The Kier molecular flexibility index (Phi) is 7.58. The van der Waals surface area contributed by atoms with Gasteiger partial charge in [-0.2, -0.15) is 5.10 Å². The summed E-state index contributed by atoms with van der Waals surface area (Å²) in [4.78, 5) is 7.16. The van der Waals surface area contributed by atoms with Gasteiger partial charge in [-0.25, -0.2) is 4.98 Å². The third-order valence-corrected chi connectivity index (χ3v) is 6.10. The third kappa shape index (κ3) is 4.47. The van der Waals surface area contributed by atoms with Gasteiger partial charge in [-0.05, 0) is 31.9 Å². The summed E-state index contributed by atoms with van der Waals surface area (Å²) >= 11 is 0. The topological polar surface area (TPSA) is 80.4 Å². The van der Waals surface area contributed by atoms with Crippen LogP contribution in [0.25, 0.3) is 11.5 Å². The molecule has 0 amide bonds. The Morgan fingerprint density at radius 3 is 3.00 bits per heavy atom. The van der Waals surface area contributed by atoms with Gasteiger partial charge in [0.2, 0.25) is 0 Å². The molecule has 2 fully saturated rings. The Bertz CT molecular complexity index is 774. The minimum Gasteiger partial charge on any atom is -0.396 e. The zero-order valence-electron chi connectivity index (χ0n) is 16.4. The second-order valence-electron chi connectivity index (χ2n) is 7.90. The highest BCUT2D eigenvalue weighted by Crippen LogP contribution is 2.33. The molecule has 3 aliphatic rings. The number of hydrogen-bond acceptors (Lipinski definition) is 6. The normalized spacial score (nSPS) is 26.7. The number of aromatic nitrogens is 4. The van der Waals surface area contributed by atoms with E-state index in [-0.39, 0.29) is 37.5 Å². The second-order valence-corrected chi connectivity index (χ2v) is 7.90. The average molecular weight is 445 g/mol. The molecule has 2 aromatic rings. The van der Waals surface area contributed by atoms with Crippen LogP contribution in [0.4, 0.5) is 0 Å². The Hall–Kier alpha value is -1.16. The molecule has 0 bridgehead atoms. The van der Waals surface area contributed by atoms with Crippen LogP contribution in [-0.4, -0.2) is 74.3 Å². The van der Waals surface area contributed by atoms with Crippen LogP contribution in [0.1, 0.15) is 31.0 Å². The van der Waals surface area contributed by atoms with Crippen LogP contribution in [0.15, 0.2) is 18.5 Å². The number of nitrogens with zero attached hydrogens (tertiary/aromatic N) is 5. The third-order valence-electron chi connectivity index (χ3n) is 6.10. The lowest BCUT2D eigenvalue weighted by Crippen LogP contribution is -2.46. The van der Waals surface area contributed by atoms with Crippen molar-refractivity contribution in [1.29, 1.82) is 0 Å². The minimum absolute atomic E-state index is 0. The van der Waals surface area contributed by atoms with Gasteiger partial charge in [0.25, 0.3) is 0 Å². The smallest absolute Gasteiger partial charge is 0.160 e. The van der Waals surface area contributed by atoms with E-state index in [1.165, 1.54) is 5.69 Å². The summed E-state index contributed by atoms with van der Waals surface area (Å²) < 4.78 is 10.4. The monoisotopic (exact) mass is 444 g/mol. The van der Waals surface area contributed by atoms with Crippen molar-refractivity contribution in [2.24, 2.45) is 0 Å². The van der Waals surface area contributed by atoms with E-state index in [0.29, 0.717) is 12.1 Å². The molecule has 10 heteroatoms. The van der Waals surface area contributed by atoms with Gasteiger partial charge in [0.1, 0.15) is 5.69 Å². The molecular weight excluding hydrogens is 415 g/mol. The van der Waals surface area contributed by atoms with Crippen LogP contribution >= 0.6 is 24.8 Å². The number of rotatable bonds is 4. The molecule has 5 heterocycles. The van der Waals surface area contributed by atoms with Crippen molar-refractivity contribution in [3.63, 3.8) is 0 Å². The van der Waals surface area contributed by atoms with Gasteiger partial charge in [-0.1, -0.05) is 0 Å². The summed E-state index contributed by atoms with van der Waals surface area (Å²) in [5.41, 5.74) is 2.21. The zero-order valence-corrected chi connectivity index (χ0v) is 18.1. The number of fused-ring (bicyclic) bond motifs is 2. The Morgan fingerprint density at radius 2 is 2.14 bits per heavy atom. The van der Waals surface area contributed by atoms with Gasteiger partial charge in [0.05, 0.1) is 18.4 Å². The maximum absolute atomic E-state index is 9.19. The SMILES string of the molecule is Cl.Cl.OCC[C@H]1CN2C[C@@H](n3ccnc3-c3cc4n(n3)CCCNC4)C[C@H]2CO1. The fraction of sp³-hybridized carbons (Fsp3) is 0.684. The van der Waals surface area contributed by atoms with Crippen molar-refractivity contribution in [3.05, 3.63) is 24.2 Å². The van der Waals surface area contributed by atoms with Crippen molar-refractivity contribution in [1.82, 2.24) is 29.5 Å². The molecule has 0 spiro atoms. The van der Waals surface area contributed by atoms with Crippen molar-refractivity contribution >= 4 is 24.8 Å². The molecule has 2 N–H and O–H groups in total. The van der Waals surface area contributed by atoms with Crippen LogP contribution in [-0.2, 0) is 17.8 Å². The highest BCUT2D eigenvalue weighted by atomic mass is 35.5. The quantitative estimate of drug-likeness (QED) is 0.743. The Labute approximate surface area is 183 Å². The fourth-order valence-corrected chi connectivity index (χ4v) is 4.71. The van der Waals surface area contributed by atoms with Crippen molar-refractivity contribution in [3.8, 4) is 11.5 Å². The first-order chi connectivity index (χ1) is 13.3. The van der Waals surface area contributed by atoms with E-state index in [1.54, 1.807) is 0 Å². The molecule has 8 nitrogen and oxygen atoms in total. The summed E-state index contributed by atoms with van der Waals surface area (Å²) in [5.74, 6) is 0.966. The lowest BCUT2D eigenvalue weighted by Gasteiger charge is -2.34. The van der Waals surface area contributed by atoms with Crippen LogP contribution in [0, 0.1) is 0 Å². The van der Waals surface area contributed by atoms with E-state index in [1.807, 2.05) is 6.20 Å². The molecule has 29 heavy (non-hydrogen) atoms. The molecule has 0 aromatic carbocycles. The predicted octanol–water partition coefficient (Wildman–Crippen LogP) is 1.48. The number of morpholine rings is 1. The van der Waals surface area contributed by atoms with Crippen LogP contribution in [0.2, 0.25) is 0 Å². The summed E-state index contributed by atoms with van der Waals surface area (Å²) in [7, 11) is 0. The molecule has 0 saturated carbocycles. The zero-order chi connectivity index (χ0) is 18.2. The second kappa shape index (κ2) is 9.76. The number of aryl methyl sites for hydroxylation is 1. The van der Waals surface area contributed by atoms with Crippen LogP contribution in [0.3, 0.4) is 0 Å². The molecule has 5 rings (SSSR count). The number of aliphatic hydroxyl groups excluding tert-OH is 1. The first-order valence-corrected chi connectivity index (χ1v) is 10.1. The van der Waals surface area contributed by atoms with E-state index in [0.717, 1.165) is 70.1 Å². The number of hydrogen-bond donors (Lipinski definition) is 2. The molecule has 162 valence electrons. The molecule has 0 radical (unpaired) electrons. The maximum atomic E-state index is 9.19. The summed E-state index contributed by atoms with van der Waals surface area (Å²) in [5, 5.41) is 17.5. The first-order valence-electron chi connectivity index (χ1n) is 10.1. The van der Waals surface area contributed by atoms with Crippen LogP contribution in [0.5, 0.6) is 0 Å². The van der Waals surface area contributed by atoms with E-state index in [4.69, 9.17) is 9.84 Å². The van der Waals surface area contributed by atoms with Gasteiger partial charge < -0.3 is 19.7 Å². The highest BCUT2D eigenvalue weighted by molar-refractivity contribution is 5.85. The lowest BCUT2D eigenvalue weighted by molar-refractivity contribution is -0.0567. The van der Waals surface area contributed by atoms with Crippen molar-refractivity contribution < 1.29 is 9.84 Å². The van der Waals surface area contributed by atoms with Gasteiger partial charge >= 0.3 is 0 Å². The van der Waals surface area contributed by atoms with E-state index in [9.17, 15) is 5.11 Å². The maximum Gasteiger partial charge on any atom is 0.160 e. The minimum atomic E-state index is 0. The van der Waals surface area contributed by atoms with Gasteiger partial charge in [-0.3, -0.25) is 9.58 Å². The summed E-state index contributed by atoms with van der Waals surface area (Å²) in [6.07, 6.45) is 7.04. The first kappa shape index (κ1) is 22.5. The molecule has 0 aliphatic carbocycles. The summed E-state index contributed by atoms with van der Waals surface area (Å²) in [6.45, 7) is 5.76. The largest absolute Gasteiger partial charge is 0.396 e. The molecule has 3 atom stereocenters. The standard InChI is InChI=1S/C19H28N6O2.2ClH/c26-7-2-17-12-23-11-15(8-16(23)13-27-17)24-6-4-21-19(24)18-9-14-10-20-3-1-5-25(14)22-18;;/h4,6,9,15-17,20,26H,1-3,5,7-8,10-13H2;2*1H/t15-,16-,17-;;/m0../s1. The predicted molar refractivity (Wildman–Crippen MR) is 115 cm³/mol. The van der Waals surface area contributed by atoms with Crippen molar-refractivity contribution in [2.75, 3.05) is 32.8 Å². The van der Waals surface area contributed by atoms with Gasteiger partial charge in [0, 0.05) is 57.3 Å². The number of halogens is 2. The molecule has 2 aromatic heterocycles. The number of aliphatic hydroxyl groups is 1. The molecular formula is C19H30Cl2N6O2. The average Bonchev–Trinajstić information content (AvgIpc) is 3.36. The van der Waals surface area contributed by atoms with Crippen LogP contribution < -0.4 is 5.32 Å². The molecule has 2 saturated heterocycles. The number of ether oxygens (including phenoxy) is 1. The fourth-order valence-electron chi connectivity index (χ4n) is 4.71. The summed E-state index contributed by atoms with van der Waals surface area (Å²) in [6, 6.07) is 3.03. The number of nitrogens with one attached hydrogen (secondary N) is 1. The highest BCUT2D eigenvalue weighted by Gasteiger charge is 2.38. The number of imidazole rings is 1. The molecule has 0 unspecified atom stereocenters. The van der Waals surface area contributed by atoms with Gasteiger partial charge in [-0.15, -0.1) is 24.8 Å². The van der Waals surface area contributed by atoms with Crippen molar-refractivity contribution in [2.45, 2.75) is 50.5 Å². The van der Waals surface area contributed by atoms with E-state index >= 15 is 0 Å².